The Morgan fingerprint density at radius 1 is 1.17 bits per heavy atom. The van der Waals surface area contributed by atoms with E-state index in [1.807, 2.05) is 53.8 Å². The highest BCUT2D eigenvalue weighted by Gasteiger charge is 2.17. The number of carbonyl (C=O) groups is 1. The molecule has 0 radical (unpaired) electrons. The van der Waals surface area contributed by atoms with Gasteiger partial charge < -0.3 is 18.9 Å². The van der Waals surface area contributed by atoms with Crippen LogP contribution in [0.4, 0.5) is 0 Å². The lowest BCUT2D eigenvalue weighted by atomic mass is 10.2. The minimum atomic E-state index is 0.0560. The summed E-state index contributed by atoms with van der Waals surface area (Å²) in [6.45, 7) is 5.99. The Bertz CT molecular complexity index is 708. The van der Waals surface area contributed by atoms with Gasteiger partial charge in [-0.05, 0) is 66.3 Å². The molecule has 6 heteroatoms. The number of methoxy groups -OCH3 is 2. The Morgan fingerprint density at radius 3 is 2.38 bits per heavy atom. The van der Waals surface area contributed by atoms with E-state index in [1.54, 1.807) is 14.2 Å². The van der Waals surface area contributed by atoms with E-state index in [2.05, 4.69) is 22.6 Å². The predicted molar refractivity (Wildman–Crippen MR) is 103 cm³/mol. The summed E-state index contributed by atoms with van der Waals surface area (Å²) in [5.41, 5.74) is 1.78. The van der Waals surface area contributed by atoms with Crippen LogP contribution in [0.25, 0.3) is 0 Å². The van der Waals surface area contributed by atoms with Gasteiger partial charge in [-0.3, -0.25) is 4.79 Å². The van der Waals surface area contributed by atoms with Crippen LogP contribution in [0.1, 0.15) is 29.9 Å². The first-order valence-corrected chi connectivity index (χ1v) is 8.98. The molecule has 0 N–H and O–H groups in total. The maximum absolute atomic E-state index is 12.6. The fourth-order valence-corrected chi connectivity index (χ4v) is 3.23. The van der Waals surface area contributed by atoms with Crippen LogP contribution < -0.4 is 9.47 Å². The molecule has 1 aromatic heterocycles. The van der Waals surface area contributed by atoms with E-state index in [-0.39, 0.29) is 5.91 Å². The van der Waals surface area contributed by atoms with Crippen molar-refractivity contribution in [1.82, 2.24) is 9.47 Å². The molecule has 5 nitrogen and oxygen atoms in total. The van der Waals surface area contributed by atoms with Gasteiger partial charge in [0.2, 0.25) is 0 Å². The van der Waals surface area contributed by atoms with Crippen LogP contribution in [0.3, 0.4) is 0 Å². The predicted octanol–water partition coefficient (Wildman–Crippen LogP) is 3.64. The summed E-state index contributed by atoms with van der Waals surface area (Å²) in [6.07, 6.45) is 1.93. The Balaban J connectivity index is 2.33. The van der Waals surface area contributed by atoms with Crippen molar-refractivity contribution in [1.29, 1.82) is 0 Å². The number of aromatic nitrogens is 1. The SMILES string of the molecule is CCN(CC)C(=O)c1cccn1Cc1cc(OC)c(OC)cc1I. The third-order valence-electron chi connectivity index (χ3n) is 3.99. The molecule has 1 amide bonds. The van der Waals surface area contributed by atoms with Crippen molar-refractivity contribution >= 4 is 28.5 Å². The van der Waals surface area contributed by atoms with E-state index < -0.39 is 0 Å². The first-order valence-electron chi connectivity index (χ1n) is 7.90. The number of halogens is 1. The fourth-order valence-electron chi connectivity index (χ4n) is 2.62. The van der Waals surface area contributed by atoms with Gasteiger partial charge in [-0.2, -0.15) is 0 Å². The summed E-state index contributed by atoms with van der Waals surface area (Å²) < 4.78 is 13.8. The number of nitrogens with zero attached hydrogens (tertiary/aromatic N) is 2. The van der Waals surface area contributed by atoms with Gasteiger partial charge in [0, 0.05) is 29.4 Å². The van der Waals surface area contributed by atoms with Crippen molar-refractivity contribution in [2.45, 2.75) is 20.4 Å². The third kappa shape index (κ3) is 3.85. The summed E-state index contributed by atoms with van der Waals surface area (Å²) >= 11 is 2.28. The van der Waals surface area contributed by atoms with Gasteiger partial charge in [0.15, 0.2) is 11.5 Å². The highest BCUT2D eigenvalue weighted by atomic mass is 127. The molecule has 0 fully saturated rings. The topological polar surface area (TPSA) is 43.7 Å². The smallest absolute Gasteiger partial charge is 0.270 e. The molecule has 2 aromatic rings. The van der Waals surface area contributed by atoms with Crippen LogP contribution in [0.5, 0.6) is 11.5 Å². The number of hydrogen-bond acceptors (Lipinski definition) is 3. The molecule has 0 atom stereocenters. The number of hydrogen-bond donors (Lipinski definition) is 0. The van der Waals surface area contributed by atoms with E-state index >= 15 is 0 Å². The second-order valence-electron chi connectivity index (χ2n) is 5.30. The van der Waals surface area contributed by atoms with Gasteiger partial charge in [-0.25, -0.2) is 0 Å². The van der Waals surface area contributed by atoms with Crippen LogP contribution >= 0.6 is 22.6 Å². The van der Waals surface area contributed by atoms with Gasteiger partial charge in [-0.1, -0.05) is 0 Å². The highest BCUT2D eigenvalue weighted by molar-refractivity contribution is 14.1. The first kappa shape index (κ1) is 18.6. The second-order valence-corrected chi connectivity index (χ2v) is 6.46. The van der Waals surface area contributed by atoms with Crippen LogP contribution in [-0.2, 0) is 6.54 Å². The lowest BCUT2D eigenvalue weighted by Crippen LogP contribution is -2.32. The average Bonchev–Trinajstić information content (AvgIpc) is 3.05. The highest BCUT2D eigenvalue weighted by Crippen LogP contribution is 2.31. The molecule has 0 spiro atoms. The van der Waals surface area contributed by atoms with Crippen molar-refractivity contribution in [3.8, 4) is 11.5 Å². The van der Waals surface area contributed by atoms with Crippen LogP contribution in [-0.4, -0.2) is 42.7 Å². The van der Waals surface area contributed by atoms with E-state index in [4.69, 9.17) is 9.47 Å². The number of carbonyl (C=O) groups excluding carboxylic acids is 1. The normalized spacial score (nSPS) is 10.5. The molecule has 0 aliphatic carbocycles. The molecule has 1 aromatic carbocycles. The van der Waals surface area contributed by atoms with E-state index in [9.17, 15) is 4.79 Å². The van der Waals surface area contributed by atoms with Crippen LogP contribution in [0, 0.1) is 3.57 Å². The van der Waals surface area contributed by atoms with Crippen molar-refractivity contribution < 1.29 is 14.3 Å². The summed E-state index contributed by atoms with van der Waals surface area (Å²) in [7, 11) is 3.25. The monoisotopic (exact) mass is 442 g/mol. The molecule has 0 unspecified atom stereocenters. The molecule has 0 saturated carbocycles. The lowest BCUT2D eigenvalue weighted by Gasteiger charge is -2.20. The maximum atomic E-state index is 12.6. The second kappa shape index (κ2) is 8.41. The molecule has 0 bridgehead atoms. The van der Waals surface area contributed by atoms with Gasteiger partial charge in [-0.15, -0.1) is 0 Å². The summed E-state index contributed by atoms with van der Waals surface area (Å²) in [5, 5.41) is 0. The number of benzene rings is 1. The Hall–Kier alpha value is -1.70. The fraction of sp³-hybridized carbons (Fsp3) is 0.389. The van der Waals surface area contributed by atoms with Gasteiger partial charge >= 0.3 is 0 Å². The summed E-state index contributed by atoms with van der Waals surface area (Å²) in [6, 6.07) is 7.69. The molecule has 0 saturated heterocycles. The minimum Gasteiger partial charge on any atom is -0.493 e. The maximum Gasteiger partial charge on any atom is 0.270 e. The zero-order chi connectivity index (χ0) is 17.7. The molecule has 24 heavy (non-hydrogen) atoms. The van der Waals surface area contributed by atoms with Crippen molar-refractivity contribution in [2.24, 2.45) is 0 Å². The van der Waals surface area contributed by atoms with Crippen LogP contribution in [0.2, 0.25) is 0 Å². The standard InChI is InChI=1S/C18H23IN2O3/c1-5-20(6-2)18(22)15-8-7-9-21(15)12-13-10-16(23-3)17(24-4)11-14(13)19/h7-11H,5-6,12H2,1-4H3. The Kier molecular flexibility index (Phi) is 6.53. The molecule has 130 valence electrons. The van der Waals surface area contributed by atoms with Gasteiger partial charge in [0.05, 0.1) is 14.2 Å². The van der Waals surface area contributed by atoms with E-state index in [1.165, 1.54) is 0 Å². The minimum absolute atomic E-state index is 0.0560. The Morgan fingerprint density at radius 2 is 1.79 bits per heavy atom. The Labute approximate surface area is 156 Å². The largest absolute Gasteiger partial charge is 0.493 e. The average molecular weight is 442 g/mol. The molecule has 0 aliphatic heterocycles. The molecule has 0 aliphatic rings. The van der Waals surface area contributed by atoms with Crippen molar-refractivity contribution in [2.75, 3.05) is 27.3 Å². The quantitative estimate of drug-likeness (QED) is 0.616. The summed E-state index contributed by atoms with van der Waals surface area (Å²) in [5.74, 6) is 1.45. The zero-order valence-corrected chi connectivity index (χ0v) is 16.7. The molecular formula is C18H23IN2O3. The first-order chi connectivity index (χ1) is 11.5. The van der Waals surface area contributed by atoms with Gasteiger partial charge in [0.1, 0.15) is 5.69 Å². The van der Waals surface area contributed by atoms with Gasteiger partial charge in [0.25, 0.3) is 5.91 Å². The molecule has 2 rings (SSSR count). The van der Waals surface area contributed by atoms with Crippen LogP contribution in [0.15, 0.2) is 30.5 Å². The number of rotatable bonds is 7. The summed E-state index contributed by atoms with van der Waals surface area (Å²) in [4.78, 5) is 14.5. The van der Waals surface area contributed by atoms with Crippen molar-refractivity contribution in [3.63, 3.8) is 0 Å². The van der Waals surface area contributed by atoms with Crippen molar-refractivity contribution in [3.05, 3.63) is 45.3 Å². The van der Waals surface area contributed by atoms with E-state index in [0.717, 1.165) is 9.13 Å². The number of ether oxygens (including phenoxy) is 2. The zero-order valence-electron chi connectivity index (χ0n) is 14.5. The molecular weight excluding hydrogens is 419 g/mol. The lowest BCUT2D eigenvalue weighted by molar-refractivity contribution is 0.0762. The number of amides is 1. The van der Waals surface area contributed by atoms with E-state index in [0.29, 0.717) is 36.8 Å². The third-order valence-corrected chi connectivity index (χ3v) is 5.00. The molecule has 1 heterocycles.